The number of rotatable bonds is 15. The van der Waals surface area contributed by atoms with Crippen molar-refractivity contribution in [2.45, 2.75) is 181 Å². The molecule has 1 amide bonds. The number of carbonyl (C=O) groups is 1. The Kier molecular flexibility index (Phi) is 15.9. The number of amides is 1. The Hall–Kier alpha value is -1.23. The van der Waals surface area contributed by atoms with E-state index in [1.807, 2.05) is 0 Å². The number of aliphatic hydroxyl groups excluding tert-OH is 4. The van der Waals surface area contributed by atoms with Crippen LogP contribution >= 0.6 is 0 Å². The van der Waals surface area contributed by atoms with Gasteiger partial charge in [-0.15, -0.1) is 0 Å². The fraction of sp³-hybridized carbons (Fsp3) is 0.927. The summed E-state index contributed by atoms with van der Waals surface area (Å²) in [5.74, 6) is 4.77. The maximum atomic E-state index is 12.7. The summed E-state index contributed by atoms with van der Waals surface area (Å²) in [6.07, 6.45) is 15.0. The van der Waals surface area contributed by atoms with Gasteiger partial charge >= 0.3 is 6.09 Å². The number of unbranched alkanes of at least 4 members (excludes halogenated alkanes) is 3. The molecule has 3 fully saturated rings. The Morgan fingerprint density at radius 3 is 2.48 bits per heavy atom. The van der Waals surface area contributed by atoms with Crippen LogP contribution in [0.15, 0.2) is 11.6 Å². The van der Waals surface area contributed by atoms with E-state index in [0.717, 1.165) is 74.0 Å². The molecule has 0 spiro atoms. The van der Waals surface area contributed by atoms with E-state index in [-0.39, 0.29) is 17.6 Å². The molecule has 12 atom stereocenters. The lowest BCUT2D eigenvalue weighted by molar-refractivity contribution is -0.333. The van der Waals surface area contributed by atoms with Crippen molar-refractivity contribution >= 4 is 6.09 Å². The normalized spacial score (nSPS) is 38.5. The van der Waals surface area contributed by atoms with Gasteiger partial charge in [0.05, 0.1) is 6.61 Å². The van der Waals surface area contributed by atoms with Gasteiger partial charge in [-0.3, -0.25) is 0 Å². The Morgan fingerprint density at radius 2 is 1.74 bits per heavy atom. The molecule has 4 aliphatic rings. The van der Waals surface area contributed by atoms with Gasteiger partial charge in [-0.1, -0.05) is 97.6 Å². The Morgan fingerprint density at radius 1 is 0.980 bits per heavy atom. The summed E-state index contributed by atoms with van der Waals surface area (Å²) in [6, 6.07) is 0. The number of hydrogen-bond acceptors (Lipinski definition) is 8. The molecule has 0 aromatic carbocycles. The summed E-state index contributed by atoms with van der Waals surface area (Å²) in [6.45, 7) is 14.1. The van der Waals surface area contributed by atoms with E-state index in [2.05, 4.69) is 46.0 Å². The zero-order valence-corrected chi connectivity index (χ0v) is 32.3. The van der Waals surface area contributed by atoms with Gasteiger partial charge in [0.2, 0.25) is 0 Å². The van der Waals surface area contributed by atoms with Crippen LogP contribution in [-0.4, -0.2) is 82.6 Å². The Bertz CT molecular complexity index is 1070. The first-order chi connectivity index (χ1) is 23.8. The van der Waals surface area contributed by atoms with Crippen LogP contribution in [0, 0.1) is 40.9 Å². The van der Waals surface area contributed by atoms with Crippen LogP contribution in [0.3, 0.4) is 0 Å². The summed E-state index contributed by atoms with van der Waals surface area (Å²) in [5, 5.41) is 42.9. The van der Waals surface area contributed by atoms with Crippen LogP contribution in [0.2, 0.25) is 0 Å². The van der Waals surface area contributed by atoms with Crippen molar-refractivity contribution in [2.24, 2.45) is 40.9 Å². The molecule has 50 heavy (non-hydrogen) atoms. The molecular formula is C41H73NO8. The second-order valence-electron chi connectivity index (χ2n) is 17.6. The smallest absolute Gasteiger partial charge is 0.407 e. The number of alkyl carbamates (subject to hydrolysis) is 1. The molecule has 1 heterocycles. The molecular weight excluding hydrogens is 634 g/mol. The minimum absolute atomic E-state index is 0.0578. The maximum absolute atomic E-state index is 12.7. The number of ether oxygens (including phenoxy) is 3. The van der Waals surface area contributed by atoms with Gasteiger partial charge < -0.3 is 40.0 Å². The van der Waals surface area contributed by atoms with Crippen LogP contribution in [0.5, 0.6) is 0 Å². The number of aliphatic hydroxyl groups is 4. The molecule has 0 aromatic rings. The van der Waals surface area contributed by atoms with Crippen LogP contribution in [0.1, 0.15) is 144 Å². The minimum Gasteiger partial charge on any atom is -0.446 e. The average Bonchev–Trinajstić information content (AvgIpc) is 3.16. The number of hydrogen-bond donors (Lipinski definition) is 5. The predicted molar refractivity (Wildman–Crippen MR) is 196 cm³/mol. The summed E-state index contributed by atoms with van der Waals surface area (Å²) >= 11 is 0. The predicted octanol–water partition coefficient (Wildman–Crippen LogP) is 7.28. The molecule has 9 nitrogen and oxygen atoms in total. The van der Waals surface area contributed by atoms with Crippen LogP contribution in [0.25, 0.3) is 0 Å². The number of carbonyl (C=O) groups excluding carboxylic acids is 1. The maximum Gasteiger partial charge on any atom is 0.407 e. The van der Waals surface area contributed by atoms with Crippen molar-refractivity contribution < 1.29 is 39.4 Å². The zero-order valence-electron chi connectivity index (χ0n) is 32.3. The van der Waals surface area contributed by atoms with Gasteiger partial charge in [-0.25, -0.2) is 4.79 Å². The van der Waals surface area contributed by atoms with Gasteiger partial charge in [-0.2, -0.15) is 0 Å². The van der Waals surface area contributed by atoms with E-state index in [1.165, 1.54) is 70.3 Å². The van der Waals surface area contributed by atoms with Gasteiger partial charge in [0, 0.05) is 19.6 Å². The van der Waals surface area contributed by atoms with Crippen molar-refractivity contribution in [1.82, 2.24) is 5.32 Å². The third kappa shape index (κ3) is 10.7. The van der Waals surface area contributed by atoms with E-state index in [1.54, 1.807) is 0 Å². The summed E-state index contributed by atoms with van der Waals surface area (Å²) in [4.78, 5) is 12.7. The average molecular weight is 708 g/mol. The number of nitrogens with one attached hydrogen (secondary N) is 1. The molecule has 5 N–H and O–H groups in total. The molecule has 2 saturated carbocycles. The van der Waals surface area contributed by atoms with Crippen LogP contribution < -0.4 is 5.32 Å². The van der Waals surface area contributed by atoms with Gasteiger partial charge in [0.25, 0.3) is 0 Å². The first-order valence-corrected chi connectivity index (χ1v) is 20.4. The Balaban J connectivity index is 1.14. The van der Waals surface area contributed by atoms with Crippen molar-refractivity contribution in [3.8, 4) is 0 Å². The lowest BCUT2D eigenvalue weighted by Gasteiger charge is -2.52. The number of allylic oxidation sites excluding steroid dienone is 1. The third-order valence-electron chi connectivity index (χ3n) is 13.4. The highest BCUT2D eigenvalue weighted by Gasteiger charge is 2.51. The van der Waals surface area contributed by atoms with E-state index in [9.17, 15) is 25.2 Å². The Labute approximate surface area is 303 Å². The molecule has 0 radical (unpaired) electrons. The van der Waals surface area contributed by atoms with E-state index >= 15 is 0 Å². The lowest BCUT2D eigenvalue weighted by atomic mass is 9.54. The summed E-state index contributed by atoms with van der Waals surface area (Å²) in [5.41, 5.74) is 0.355. The highest BCUT2D eigenvalue weighted by atomic mass is 16.7. The van der Waals surface area contributed by atoms with E-state index in [4.69, 9.17) is 14.2 Å². The van der Waals surface area contributed by atoms with Gasteiger partial charge in [-0.05, 0) is 92.8 Å². The highest BCUT2D eigenvalue weighted by Crippen LogP contribution is 2.57. The van der Waals surface area contributed by atoms with Crippen molar-refractivity contribution in [2.75, 3.05) is 19.8 Å². The number of fused-ring (bicyclic) bond motifs is 3. The molecule has 10 unspecified atom stereocenters. The standard InChI is InChI=1S/C41H73NO8/c1-27(2)13-11-14-28(3)30-15-12-16-34-33(29(4)17-18-30)20-19-31-25-32(21-22-40(31,34)5)49-39(47)42-23-9-7-8-10-24-48-38-36(45)35(44)37(46)41(6,26-43)50-38/h19,27-30,32-38,43-46H,7-18,20-26H2,1-6H3,(H,42,47)/t28?,29?,30?,32?,33?,34?,35?,36?,37-,38?,40-,41?/m0/s1. The summed E-state index contributed by atoms with van der Waals surface area (Å²) < 4.78 is 17.1. The monoisotopic (exact) mass is 708 g/mol. The second-order valence-corrected chi connectivity index (χ2v) is 17.6. The first-order valence-electron chi connectivity index (χ1n) is 20.4. The summed E-state index contributed by atoms with van der Waals surface area (Å²) in [7, 11) is 0. The van der Waals surface area contributed by atoms with Gasteiger partial charge in [0.1, 0.15) is 30.0 Å². The van der Waals surface area contributed by atoms with Crippen molar-refractivity contribution in [3.05, 3.63) is 11.6 Å². The quantitative estimate of drug-likeness (QED) is 0.0885. The lowest BCUT2D eigenvalue weighted by Crippen LogP contribution is -2.65. The minimum atomic E-state index is -1.47. The second kappa shape index (κ2) is 19.2. The zero-order chi connectivity index (χ0) is 36.5. The van der Waals surface area contributed by atoms with E-state index < -0.39 is 36.8 Å². The van der Waals surface area contributed by atoms with Gasteiger partial charge in [0.15, 0.2) is 6.29 Å². The molecule has 0 bridgehead atoms. The molecule has 3 aliphatic carbocycles. The molecule has 0 aromatic heterocycles. The highest BCUT2D eigenvalue weighted by molar-refractivity contribution is 5.67. The SMILES string of the molecule is CC(C)CCCC(C)C1CCCC2C(CC=C3CC(OC(=O)NCCCCCCOC4OC(C)(CO)[C@@H](O)C(O)C4O)CC[C@@]32C)C(C)CC1. The fourth-order valence-electron chi connectivity index (χ4n) is 9.75. The van der Waals surface area contributed by atoms with Crippen LogP contribution in [-0.2, 0) is 14.2 Å². The molecule has 4 rings (SSSR count). The third-order valence-corrected chi connectivity index (χ3v) is 13.4. The van der Waals surface area contributed by atoms with Crippen molar-refractivity contribution in [1.29, 1.82) is 0 Å². The van der Waals surface area contributed by atoms with E-state index in [0.29, 0.717) is 19.6 Å². The topological polar surface area (TPSA) is 138 Å². The molecule has 290 valence electrons. The molecule has 1 saturated heterocycles. The molecule has 9 heteroatoms. The fourth-order valence-corrected chi connectivity index (χ4v) is 9.75. The molecule has 1 aliphatic heterocycles. The first kappa shape index (κ1) is 41.5. The van der Waals surface area contributed by atoms with Crippen LogP contribution in [0.4, 0.5) is 4.79 Å². The largest absolute Gasteiger partial charge is 0.446 e. The van der Waals surface area contributed by atoms with Crippen molar-refractivity contribution in [3.63, 3.8) is 0 Å².